The van der Waals surface area contributed by atoms with Crippen LogP contribution in [0.5, 0.6) is 0 Å². The Morgan fingerprint density at radius 3 is 2.71 bits per heavy atom. The molecule has 0 aliphatic carbocycles. The molecule has 1 rings (SSSR count). The summed E-state index contributed by atoms with van der Waals surface area (Å²) < 4.78 is 5.23. The van der Waals surface area contributed by atoms with E-state index in [1.54, 1.807) is 4.90 Å². The molecule has 4 heteroatoms. The lowest BCUT2D eigenvalue weighted by Crippen LogP contribution is -2.31. The fraction of sp³-hybridized carbons (Fsp3) is 0.900. The lowest BCUT2D eigenvalue weighted by atomic mass is 9.89. The normalized spacial score (nSPS) is 22.7. The summed E-state index contributed by atoms with van der Waals surface area (Å²) in [6.45, 7) is 8.22. The van der Waals surface area contributed by atoms with E-state index in [0.29, 0.717) is 19.6 Å². The van der Waals surface area contributed by atoms with Crippen molar-refractivity contribution in [2.24, 2.45) is 11.1 Å². The van der Waals surface area contributed by atoms with Crippen LogP contribution >= 0.6 is 0 Å². The second-order valence-corrected chi connectivity index (χ2v) is 5.01. The SMILES string of the molecule is CC(C)(C)CC1CN(CCN)C(=O)O1. The minimum atomic E-state index is -0.218. The Balaban J connectivity index is 2.43. The van der Waals surface area contributed by atoms with Crippen LogP contribution in [-0.2, 0) is 4.74 Å². The van der Waals surface area contributed by atoms with Crippen molar-refractivity contribution in [3.8, 4) is 0 Å². The van der Waals surface area contributed by atoms with Gasteiger partial charge in [-0.2, -0.15) is 0 Å². The Kier molecular flexibility index (Phi) is 3.37. The van der Waals surface area contributed by atoms with Crippen LogP contribution in [0.2, 0.25) is 0 Å². The monoisotopic (exact) mass is 200 g/mol. The van der Waals surface area contributed by atoms with Crippen LogP contribution in [0.3, 0.4) is 0 Å². The fourth-order valence-corrected chi connectivity index (χ4v) is 1.70. The molecule has 0 saturated carbocycles. The highest BCUT2D eigenvalue weighted by Crippen LogP contribution is 2.25. The van der Waals surface area contributed by atoms with E-state index in [4.69, 9.17) is 10.5 Å². The summed E-state index contributed by atoms with van der Waals surface area (Å²) in [6.07, 6.45) is 0.721. The molecule has 1 atom stereocenters. The summed E-state index contributed by atoms with van der Waals surface area (Å²) in [6, 6.07) is 0. The first-order valence-electron chi connectivity index (χ1n) is 5.08. The van der Waals surface area contributed by atoms with Gasteiger partial charge in [0.2, 0.25) is 0 Å². The number of rotatable bonds is 3. The van der Waals surface area contributed by atoms with Gasteiger partial charge in [0.05, 0.1) is 6.54 Å². The molecule has 0 aromatic heterocycles. The summed E-state index contributed by atoms with van der Waals surface area (Å²) in [7, 11) is 0. The van der Waals surface area contributed by atoms with E-state index in [9.17, 15) is 4.79 Å². The van der Waals surface area contributed by atoms with Crippen LogP contribution < -0.4 is 5.73 Å². The highest BCUT2D eigenvalue weighted by molar-refractivity contribution is 5.69. The fourth-order valence-electron chi connectivity index (χ4n) is 1.70. The van der Waals surface area contributed by atoms with Gasteiger partial charge in [-0.05, 0) is 11.8 Å². The molecule has 2 N–H and O–H groups in total. The van der Waals surface area contributed by atoms with Crippen LogP contribution in [0.15, 0.2) is 0 Å². The average molecular weight is 200 g/mol. The molecule has 1 saturated heterocycles. The number of nitrogens with zero attached hydrogens (tertiary/aromatic N) is 1. The highest BCUT2D eigenvalue weighted by atomic mass is 16.6. The Morgan fingerprint density at radius 1 is 1.57 bits per heavy atom. The standard InChI is InChI=1S/C10H20N2O2/c1-10(2,3)6-8-7-12(5-4-11)9(13)14-8/h8H,4-7,11H2,1-3H3. The van der Waals surface area contributed by atoms with Crippen molar-refractivity contribution in [1.29, 1.82) is 0 Å². The molecule has 1 fully saturated rings. The van der Waals surface area contributed by atoms with E-state index in [1.807, 2.05) is 0 Å². The molecule has 1 heterocycles. The lowest BCUT2D eigenvalue weighted by Gasteiger charge is -2.21. The van der Waals surface area contributed by atoms with Gasteiger partial charge < -0.3 is 15.4 Å². The molecule has 0 radical (unpaired) electrons. The maximum Gasteiger partial charge on any atom is 0.410 e. The van der Waals surface area contributed by atoms with Gasteiger partial charge in [-0.1, -0.05) is 20.8 Å². The molecular formula is C10H20N2O2. The third-order valence-electron chi connectivity index (χ3n) is 2.19. The predicted octanol–water partition coefficient (Wildman–Crippen LogP) is 1.20. The van der Waals surface area contributed by atoms with E-state index in [-0.39, 0.29) is 17.6 Å². The van der Waals surface area contributed by atoms with Crippen LogP contribution in [0, 0.1) is 5.41 Å². The molecule has 1 unspecified atom stereocenters. The van der Waals surface area contributed by atoms with Gasteiger partial charge >= 0.3 is 6.09 Å². The van der Waals surface area contributed by atoms with Gasteiger partial charge in [0.1, 0.15) is 6.10 Å². The number of cyclic esters (lactones) is 1. The number of nitrogens with two attached hydrogens (primary N) is 1. The van der Waals surface area contributed by atoms with Crippen LogP contribution in [0.4, 0.5) is 4.79 Å². The largest absolute Gasteiger partial charge is 0.444 e. The Morgan fingerprint density at radius 2 is 2.21 bits per heavy atom. The van der Waals surface area contributed by atoms with E-state index >= 15 is 0 Å². The third-order valence-corrected chi connectivity index (χ3v) is 2.19. The zero-order chi connectivity index (χ0) is 10.8. The zero-order valence-corrected chi connectivity index (χ0v) is 9.25. The Bertz CT molecular complexity index is 211. The smallest absolute Gasteiger partial charge is 0.410 e. The number of ether oxygens (including phenoxy) is 1. The molecule has 1 amide bonds. The molecule has 0 bridgehead atoms. The highest BCUT2D eigenvalue weighted by Gasteiger charge is 2.32. The van der Waals surface area contributed by atoms with Crippen molar-refractivity contribution in [3.05, 3.63) is 0 Å². The van der Waals surface area contributed by atoms with Crippen LogP contribution in [-0.4, -0.2) is 36.7 Å². The minimum absolute atomic E-state index is 0.0362. The van der Waals surface area contributed by atoms with Gasteiger partial charge in [0.25, 0.3) is 0 Å². The number of amides is 1. The minimum Gasteiger partial charge on any atom is -0.444 e. The van der Waals surface area contributed by atoms with Crippen molar-refractivity contribution < 1.29 is 9.53 Å². The van der Waals surface area contributed by atoms with Gasteiger partial charge in [-0.25, -0.2) is 4.79 Å². The van der Waals surface area contributed by atoms with Crippen molar-refractivity contribution in [1.82, 2.24) is 4.90 Å². The summed E-state index contributed by atoms with van der Waals surface area (Å²) >= 11 is 0. The summed E-state index contributed by atoms with van der Waals surface area (Å²) in [5, 5.41) is 0. The van der Waals surface area contributed by atoms with Crippen molar-refractivity contribution in [2.75, 3.05) is 19.6 Å². The summed E-state index contributed by atoms with van der Waals surface area (Å²) in [5.74, 6) is 0. The number of hydrogen-bond donors (Lipinski definition) is 1. The first kappa shape index (κ1) is 11.3. The molecule has 1 aliphatic rings. The average Bonchev–Trinajstić information content (AvgIpc) is 2.28. The first-order chi connectivity index (χ1) is 6.42. The summed E-state index contributed by atoms with van der Waals surface area (Å²) in [5.41, 5.74) is 5.59. The third kappa shape index (κ3) is 3.18. The lowest BCUT2D eigenvalue weighted by molar-refractivity contribution is 0.111. The van der Waals surface area contributed by atoms with Gasteiger partial charge in [0.15, 0.2) is 0 Å². The number of carbonyl (C=O) groups excluding carboxylic acids is 1. The second-order valence-electron chi connectivity index (χ2n) is 5.01. The molecule has 0 spiro atoms. The van der Waals surface area contributed by atoms with Crippen LogP contribution in [0.25, 0.3) is 0 Å². The maximum atomic E-state index is 11.3. The molecule has 4 nitrogen and oxygen atoms in total. The molecule has 14 heavy (non-hydrogen) atoms. The molecule has 0 aromatic rings. The first-order valence-corrected chi connectivity index (χ1v) is 5.08. The Labute approximate surface area is 85.4 Å². The quantitative estimate of drug-likeness (QED) is 0.744. The van der Waals surface area contributed by atoms with E-state index in [0.717, 1.165) is 6.42 Å². The van der Waals surface area contributed by atoms with Gasteiger partial charge in [-0.15, -0.1) is 0 Å². The van der Waals surface area contributed by atoms with Crippen molar-refractivity contribution in [3.63, 3.8) is 0 Å². The topological polar surface area (TPSA) is 55.6 Å². The summed E-state index contributed by atoms with van der Waals surface area (Å²) in [4.78, 5) is 13.0. The van der Waals surface area contributed by atoms with E-state index in [2.05, 4.69) is 20.8 Å². The number of carbonyl (C=O) groups is 1. The van der Waals surface area contributed by atoms with Crippen molar-refractivity contribution >= 4 is 6.09 Å². The van der Waals surface area contributed by atoms with Crippen molar-refractivity contribution in [2.45, 2.75) is 33.3 Å². The second kappa shape index (κ2) is 4.17. The van der Waals surface area contributed by atoms with Gasteiger partial charge in [-0.3, -0.25) is 0 Å². The molecule has 82 valence electrons. The molecule has 1 aliphatic heterocycles. The zero-order valence-electron chi connectivity index (χ0n) is 9.25. The maximum absolute atomic E-state index is 11.3. The van der Waals surface area contributed by atoms with Gasteiger partial charge in [0, 0.05) is 13.1 Å². The predicted molar refractivity (Wildman–Crippen MR) is 55.0 cm³/mol. The molecular weight excluding hydrogens is 180 g/mol. The Hall–Kier alpha value is -0.770. The van der Waals surface area contributed by atoms with E-state index in [1.165, 1.54) is 0 Å². The molecule has 0 aromatic carbocycles. The van der Waals surface area contributed by atoms with E-state index < -0.39 is 0 Å². The number of hydrogen-bond acceptors (Lipinski definition) is 3. The van der Waals surface area contributed by atoms with Crippen LogP contribution in [0.1, 0.15) is 27.2 Å².